The molecule has 1 amide bonds. The van der Waals surface area contributed by atoms with E-state index in [-0.39, 0.29) is 17.7 Å². The van der Waals surface area contributed by atoms with Crippen molar-refractivity contribution >= 4 is 5.91 Å². The summed E-state index contributed by atoms with van der Waals surface area (Å²) in [5, 5.41) is 2.83. The number of rotatable bonds is 8. The summed E-state index contributed by atoms with van der Waals surface area (Å²) in [4.78, 5) is 12.6. The fourth-order valence-corrected chi connectivity index (χ4v) is 2.51. The summed E-state index contributed by atoms with van der Waals surface area (Å²) >= 11 is 0. The lowest BCUT2D eigenvalue weighted by molar-refractivity contribution is -0.0498. The van der Waals surface area contributed by atoms with Gasteiger partial charge < -0.3 is 24.3 Å². The van der Waals surface area contributed by atoms with Crippen LogP contribution in [0.15, 0.2) is 36.4 Å². The molecule has 0 aliphatic carbocycles. The van der Waals surface area contributed by atoms with Crippen molar-refractivity contribution < 1.29 is 32.5 Å². The third-order valence-electron chi connectivity index (χ3n) is 3.88. The molecule has 0 unspecified atom stereocenters. The second kappa shape index (κ2) is 9.07. The number of amides is 1. The van der Waals surface area contributed by atoms with Gasteiger partial charge in [-0.05, 0) is 36.8 Å². The molecule has 0 bridgehead atoms. The fourth-order valence-electron chi connectivity index (χ4n) is 2.51. The third-order valence-corrected chi connectivity index (χ3v) is 3.88. The maximum atomic E-state index is 12.6. The lowest BCUT2D eigenvalue weighted by atomic mass is 10.1. The van der Waals surface area contributed by atoms with Crippen LogP contribution in [0.2, 0.25) is 0 Å². The second-order valence-corrected chi connectivity index (χ2v) is 5.56. The highest BCUT2D eigenvalue weighted by atomic mass is 19.3. The van der Waals surface area contributed by atoms with E-state index in [4.69, 9.17) is 14.2 Å². The Morgan fingerprint density at radius 1 is 0.963 bits per heavy atom. The molecule has 2 aromatic carbocycles. The van der Waals surface area contributed by atoms with E-state index in [1.807, 2.05) is 0 Å². The van der Waals surface area contributed by atoms with Gasteiger partial charge in [-0.3, -0.25) is 4.79 Å². The molecule has 0 aliphatic heterocycles. The van der Waals surface area contributed by atoms with Crippen molar-refractivity contribution in [3.8, 4) is 23.0 Å². The van der Waals surface area contributed by atoms with Gasteiger partial charge in [0.15, 0.2) is 11.5 Å². The van der Waals surface area contributed by atoms with Crippen molar-refractivity contribution in [2.24, 2.45) is 0 Å². The molecule has 1 N–H and O–H groups in total. The van der Waals surface area contributed by atoms with Gasteiger partial charge in [0.1, 0.15) is 5.75 Å². The zero-order valence-corrected chi connectivity index (χ0v) is 15.4. The van der Waals surface area contributed by atoms with E-state index in [0.29, 0.717) is 22.8 Å². The van der Waals surface area contributed by atoms with Gasteiger partial charge in [0.25, 0.3) is 5.91 Å². The Hall–Kier alpha value is -3.03. The van der Waals surface area contributed by atoms with E-state index >= 15 is 0 Å². The van der Waals surface area contributed by atoms with Gasteiger partial charge in [-0.15, -0.1) is 0 Å². The first kappa shape index (κ1) is 20.3. The average Bonchev–Trinajstić information content (AvgIpc) is 2.66. The van der Waals surface area contributed by atoms with Crippen LogP contribution in [0.1, 0.15) is 28.9 Å². The molecule has 0 saturated carbocycles. The number of hydrogen-bond acceptors (Lipinski definition) is 5. The highest BCUT2D eigenvalue weighted by molar-refractivity contribution is 5.95. The van der Waals surface area contributed by atoms with Crippen molar-refractivity contribution in [2.45, 2.75) is 19.6 Å². The number of benzene rings is 2. The van der Waals surface area contributed by atoms with Crippen molar-refractivity contribution in [1.82, 2.24) is 5.32 Å². The van der Waals surface area contributed by atoms with E-state index in [9.17, 15) is 13.6 Å². The summed E-state index contributed by atoms with van der Waals surface area (Å²) < 4.78 is 44.5. The molecule has 0 heterocycles. The standard InChI is InChI=1S/C19H21F2NO5/c1-11(12-5-7-14(8-6-12)27-19(20)21)22-18(23)13-9-15(24-2)17(26-4)16(10-13)25-3/h5-11,19H,1-4H3,(H,22,23)/t11-/m1/s1. The molecule has 8 heteroatoms. The Balaban J connectivity index is 2.16. The first-order valence-corrected chi connectivity index (χ1v) is 8.05. The number of alkyl halides is 2. The summed E-state index contributed by atoms with van der Waals surface area (Å²) in [5.74, 6) is 0.817. The number of halogens is 2. The van der Waals surface area contributed by atoms with Gasteiger partial charge in [0, 0.05) is 5.56 Å². The quantitative estimate of drug-likeness (QED) is 0.753. The second-order valence-electron chi connectivity index (χ2n) is 5.56. The zero-order chi connectivity index (χ0) is 20.0. The predicted molar refractivity (Wildman–Crippen MR) is 95.1 cm³/mol. The van der Waals surface area contributed by atoms with Crippen LogP contribution in [0.5, 0.6) is 23.0 Å². The minimum Gasteiger partial charge on any atom is -0.493 e. The minimum atomic E-state index is -2.88. The Labute approximate surface area is 156 Å². The lowest BCUT2D eigenvalue weighted by Crippen LogP contribution is -2.26. The molecule has 0 aromatic heterocycles. The third kappa shape index (κ3) is 4.99. The number of hydrogen-bond donors (Lipinski definition) is 1. The van der Waals surface area contributed by atoms with E-state index in [0.717, 1.165) is 5.56 Å². The first-order valence-electron chi connectivity index (χ1n) is 8.05. The Kier molecular flexibility index (Phi) is 6.81. The first-order chi connectivity index (χ1) is 12.9. The number of carbonyl (C=O) groups excluding carboxylic acids is 1. The molecule has 1 atom stereocenters. The number of methoxy groups -OCH3 is 3. The fraction of sp³-hybridized carbons (Fsp3) is 0.316. The van der Waals surface area contributed by atoms with Gasteiger partial charge in [-0.1, -0.05) is 12.1 Å². The molecule has 2 rings (SSSR count). The van der Waals surface area contributed by atoms with Crippen molar-refractivity contribution in [3.63, 3.8) is 0 Å². The molecule has 2 aromatic rings. The molecule has 0 fully saturated rings. The highest BCUT2D eigenvalue weighted by Gasteiger charge is 2.18. The lowest BCUT2D eigenvalue weighted by Gasteiger charge is -2.17. The van der Waals surface area contributed by atoms with Crippen molar-refractivity contribution in [1.29, 1.82) is 0 Å². The van der Waals surface area contributed by atoms with Crippen LogP contribution in [0, 0.1) is 0 Å². The van der Waals surface area contributed by atoms with Crippen LogP contribution in [-0.2, 0) is 0 Å². The van der Waals surface area contributed by atoms with Crippen molar-refractivity contribution in [2.75, 3.05) is 21.3 Å². The summed E-state index contributed by atoms with van der Waals surface area (Å²) in [6, 6.07) is 8.78. The van der Waals surface area contributed by atoms with E-state index in [1.54, 1.807) is 31.2 Å². The largest absolute Gasteiger partial charge is 0.493 e. The predicted octanol–water partition coefficient (Wildman–Crippen LogP) is 3.80. The Morgan fingerprint density at radius 2 is 1.52 bits per heavy atom. The molecular formula is C19H21F2NO5. The van der Waals surface area contributed by atoms with Gasteiger partial charge >= 0.3 is 6.61 Å². The monoisotopic (exact) mass is 381 g/mol. The van der Waals surface area contributed by atoms with Gasteiger partial charge in [0.05, 0.1) is 27.4 Å². The molecule has 27 heavy (non-hydrogen) atoms. The molecule has 0 aliphatic rings. The summed E-state index contributed by atoms with van der Waals surface area (Å²) in [6.07, 6.45) is 0. The van der Waals surface area contributed by atoms with Crippen LogP contribution in [0.4, 0.5) is 8.78 Å². The maximum Gasteiger partial charge on any atom is 0.387 e. The molecule has 146 valence electrons. The molecule has 0 radical (unpaired) electrons. The Morgan fingerprint density at radius 3 is 1.96 bits per heavy atom. The molecule has 0 saturated heterocycles. The number of carbonyl (C=O) groups is 1. The molecule has 6 nitrogen and oxygen atoms in total. The van der Waals surface area contributed by atoms with E-state index in [2.05, 4.69) is 10.1 Å². The zero-order valence-electron chi connectivity index (χ0n) is 15.4. The van der Waals surface area contributed by atoms with Crippen LogP contribution in [0.25, 0.3) is 0 Å². The number of nitrogens with one attached hydrogen (secondary N) is 1. The summed E-state index contributed by atoms with van der Waals surface area (Å²) in [6.45, 7) is -1.10. The van der Waals surface area contributed by atoms with E-state index in [1.165, 1.54) is 33.5 Å². The average molecular weight is 381 g/mol. The van der Waals surface area contributed by atoms with Gasteiger partial charge in [-0.25, -0.2) is 0 Å². The van der Waals surface area contributed by atoms with Crippen LogP contribution in [0.3, 0.4) is 0 Å². The van der Waals surface area contributed by atoms with Crippen LogP contribution < -0.4 is 24.3 Å². The van der Waals surface area contributed by atoms with Crippen molar-refractivity contribution in [3.05, 3.63) is 47.5 Å². The highest BCUT2D eigenvalue weighted by Crippen LogP contribution is 2.38. The molecular weight excluding hydrogens is 360 g/mol. The van der Waals surface area contributed by atoms with E-state index < -0.39 is 6.61 Å². The molecule has 0 spiro atoms. The topological polar surface area (TPSA) is 66.0 Å². The Bertz CT molecular complexity index is 755. The SMILES string of the molecule is COc1cc(C(=O)N[C@H](C)c2ccc(OC(F)F)cc2)cc(OC)c1OC. The summed E-state index contributed by atoms with van der Waals surface area (Å²) in [7, 11) is 4.40. The van der Waals surface area contributed by atoms with Crippen LogP contribution >= 0.6 is 0 Å². The summed E-state index contributed by atoms with van der Waals surface area (Å²) in [5.41, 5.74) is 1.06. The minimum absolute atomic E-state index is 0.0527. The normalized spacial score (nSPS) is 11.7. The van der Waals surface area contributed by atoms with Gasteiger partial charge in [-0.2, -0.15) is 8.78 Å². The van der Waals surface area contributed by atoms with Crippen LogP contribution in [-0.4, -0.2) is 33.8 Å². The number of ether oxygens (including phenoxy) is 4. The maximum absolute atomic E-state index is 12.6. The van der Waals surface area contributed by atoms with Gasteiger partial charge in [0.2, 0.25) is 5.75 Å². The smallest absolute Gasteiger partial charge is 0.387 e.